The smallest absolute Gasteiger partial charge is 0.111 e. The van der Waals surface area contributed by atoms with Crippen molar-refractivity contribution in [3.05, 3.63) is 53.6 Å². The average molecular weight is 345 g/mol. The van der Waals surface area contributed by atoms with E-state index in [1.54, 1.807) is 0 Å². The van der Waals surface area contributed by atoms with Gasteiger partial charge in [-0.15, -0.1) is 0 Å². The molecule has 4 atom stereocenters. The number of hydrogen-bond donors (Lipinski definition) is 6. The number of rotatable bonds is 7. The Morgan fingerprint density at radius 3 is 2.28 bits per heavy atom. The van der Waals surface area contributed by atoms with Gasteiger partial charge >= 0.3 is 0 Å². The molecular formula is C19H23NO5. The molecule has 0 spiro atoms. The summed E-state index contributed by atoms with van der Waals surface area (Å²) in [6.07, 6.45) is -5.19. The lowest BCUT2D eigenvalue weighted by Gasteiger charge is -2.26. The van der Waals surface area contributed by atoms with Gasteiger partial charge in [0.15, 0.2) is 0 Å². The molecule has 0 saturated heterocycles. The van der Waals surface area contributed by atoms with Crippen molar-refractivity contribution in [2.75, 3.05) is 18.5 Å². The number of aliphatic hydroxyl groups excluding tert-OH is 5. The van der Waals surface area contributed by atoms with Gasteiger partial charge in [0, 0.05) is 18.7 Å². The zero-order valence-corrected chi connectivity index (χ0v) is 13.7. The van der Waals surface area contributed by atoms with Crippen LogP contribution < -0.4 is 5.32 Å². The first-order chi connectivity index (χ1) is 12.0. The minimum atomic E-state index is -1.62. The zero-order chi connectivity index (χ0) is 18.0. The van der Waals surface area contributed by atoms with Gasteiger partial charge in [0.2, 0.25) is 0 Å². The topological polar surface area (TPSA) is 113 Å². The van der Waals surface area contributed by atoms with E-state index in [1.165, 1.54) is 11.1 Å². The fraction of sp³-hybridized carbons (Fsp3) is 0.368. The van der Waals surface area contributed by atoms with Crippen LogP contribution in [0, 0.1) is 0 Å². The summed E-state index contributed by atoms with van der Waals surface area (Å²) in [6.45, 7) is -0.688. The highest BCUT2D eigenvalue weighted by Crippen LogP contribution is 2.39. The summed E-state index contributed by atoms with van der Waals surface area (Å²) in [5.41, 5.74) is 5.57. The molecule has 2 aromatic rings. The number of nitrogens with one attached hydrogen (secondary N) is 1. The molecule has 0 aromatic heterocycles. The summed E-state index contributed by atoms with van der Waals surface area (Å²) >= 11 is 0. The van der Waals surface area contributed by atoms with Crippen molar-refractivity contribution in [2.45, 2.75) is 30.8 Å². The van der Waals surface area contributed by atoms with Crippen molar-refractivity contribution in [2.24, 2.45) is 0 Å². The van der Waals surface area contributed by atoms with Crippen LogP contribution in [0.2, 0.25) is 0 Å². The molecular weight excluding hydrogens is 322 g/mol. The van der Waals surface area contributed by atoms with Crippen LogP contribution in [0.1, 0.15) is 11.1 Å². The van der Waals surface area contributed by atoms with E-state index in [0.717, 1.165) is 23.2 Å². The van der Waals surface area contributed by atoms with E-state index in [9.17, 15) is 20.4 Å². The van der Waals surface area contributed by atoms with Gasteiger partial charge in [-0.2, -0.15) is 0 Å². The lowest BCUT2D eigenvalue weighted by atomic mass is 10.0. The van der Waals surface area contributed by atoms with Crippen molar-refractivity contribution >= 4 is 5.69 Å². The van der Waals surface area contributed by atoms with Crippen molar-refractivity contribution in [3.8, 4) is 11.1 Å². The molecule has 0 fully saturated rings. The molecule has 0 saturated carbocycles. The highest BCUT2D eigenvalue weighted by atomic mass is 16.4. The molecule has 0 bridgehead atoms. The molecule has 3 rings (SSSR count). The fourth-order valence-corrected chi connectivity index (χ4v) is 3.22. The Morgan fingerprint density at radius 2 is 1.52 bits per heavy atom. The number of aliphatic hydroxyl groups is 5. The Bertz CT molecular complexity index is 736. The van der Waals surface area contributed by atoms with Gasteiger partial charge < -0.3 is 30.8 Å². The molecule has 0 aliphatic heterocycles. The van der Waals surface area contributed by atoms with Crippen molar-refractivity contribution < 1.29 is 25.5 Å². The van der Waals surface area contributed by atoms with Crippen LogP contribution in [0.4, 0.5) is 5.69 Å². The Balaban J connectivity index is 1.69. The summed E-state index contributed by atoms with van der Waals surface area (Å²) in [6, 6.07) is 14.1. The van der Waals surface area contributed by atoms with E-state index in [0.29, 0.717) is 0 Å². The lowest BCUT2D eigenvalue weighted by Crippen LogP contribution is -2.48. The Hall–Kier alpha value is -1.96. The minimum Gasteiger partial charge on any atom is -0.394 e. The predicted molar refractivity (Wildman–Crippen MR) is 94.3 cm³/mol. The van der Waals surface area contributed by atoms with Crippen molar-refractivity contribution in [1.82, 2.24) is 0 Å². The molecule has 6 N–H and O–H groups in total. The zero-order valence-electron chi connectivity index (χ0n) is 13.7. The van der Waals surface area contributed by atoms with Gasteiger partial charge in [-0.05, 0) is 28.3 Å². The molecule has 0 heterocycles. The van der Waals surface area contributed by atoms with Crippen LogP contribution in [0.5, 0.6) is 0 Å². The third-order valence-corrected chi connectivity index (χ3v) is 4.68. The Kier molecular flexibility index (Phi) is 5.36. The Labute approximate surface area is 146 Å². The molecule has 25 heavy (non-hydrogen) atoms. The number of anilines is 1. The first-order valence-electron chi connectivity index (χ1n) is 8.30. The first kappa shape index (κ1) is 17.8. The lowest BCUT2D eigenvalue weighted by molar-refractivity contribution is -0.111. The molecule has 134 valence electrons. The predicted octanol–water partition coefficient (Wildman–Crippen LogP) is 0.106. The second-order valence-electron chi connectivity index (χ2n) is 6.34. The van der Waals surface area contributed by atoms with E-state index in [-0.39, 0.29) is 6.54 Å². The molecule has 0 amide bonds. The third-order valence-electron chi connectivity index (χ3n) is 4.68. The van der Waals surface area contributed by atoms with Crippen LogP contribution >= 0.6 is 0 Å². The second kappa shape index (κ2) is 7.51. The van der Waals surface area contributed by atoms with Gasteiger partial charge in [0.05, 0.1) is 12.7 Å². The van der Waals surface area contributed by atoms with Crippen LogP contribution in [-0.4, -0.2) is 63.1 Å². The van der Waals surface area contributed by atoms with Gasteiger partial charge in [0.25, 0.3) is 0 Å². The molecule has 1 aliphatic carbocycles. The van der Waals surface area contributed by atoms with Gasteiger partial charge in [0.1, 0.15) is 18.3 Å². The van der Waals surface area contributed by atoms with Crippen LogP contribution in [-0.2, 0) is 6.42 Å². The van der Waals surface area contributed by atoms with Crippen molar-refractivity contribution in [1.29, 1.82) is 0 Å². The molecule has 2 aromatic carbocycles. The highest BCUT2D eigenvalue weighted by Gasteiger charge is 2.30. The van der Waals surface area contributed by atoms with Crippen molar-refractivity contribution in [3.63, 3.8) is 0 Å². The van der Waals surface area contributed by atoms with Crippen LogP contribution in [0.25, 0.3) is 11.1 Å². The number of hydrogen-bond acceptors (Lipinski definition) is 6. The van der Waals surface area contributed by atoms with Gasteiger partial charge in [-0.1, -0.05) is 36.4 Å². The maximum atomic E-state index is 10.1. The van der Waals surface area contributed by atoms with Crippen LogP contribution in [0.3, 0.4) is 0 Å². The average Bonchev–Trinajstić information content (AvgIpc) is 3.03. The van der Waals surface area contributed by atoms with Gasteiger partial charge in [-0.3, -0.25) is 0 Å². The largest absolute Gasteiger partial charge is 0.394 e. The van der Waals surface area contributed by atoms with E-state index in [4.69, 9.17) is 5.11 Å². The Morgan fingerprint density at radius 1 is 0.840 bits per heavy atom. The molecule has 6 nitrogen and oxygen atoms in total. The third kappa shape index (κ3) is 3.53. The first-order valence-corrected chi connectivity index (χ1v) is 8.30. The quantitative estimate of drug-likeness (QED) is 0.362. The maximum Gasteiger partial charge on any atom is 0.111 e. The second-order valence-corrected chi connectivity index (χ2v) is 6.34. The molecule has 1 aliphatic rings. The van der Waals surface area contributed by atoms with E-state index >= 15 is 0 Å². The molecule has 0 unspecified atom stereocenters. The summed E-state index contributed by atoms with van der Waals surface area (Å²) in [5.74, 6) is 0. The monoisotopic (exact) mass is 345 g/mol. The SMILES string of the molecule is OC[C@@H](O)[C@@H](O)[C@H](O)[C@@H](O)CNc1cccc2c1Cc1ccccc1-2. The number of benzene rings is 2. The summed E-state index contributed by atoms with van der Waals surface area (Å²) in [5, 5.41) is 50.9. The highest BCUT2D eigenvalue weighted by molar-refractivity contribution is 5.81. The molecule has 6 heteroatoms. The van der Waals surface area contributed by atoms with E-state index in [2.05, 4.69) is 23.5 Å². The number of fused-ring (bicyclic) bond motifs is 3. The van der Waals surface area contributed by atoms with Gasteiger partial charge in [-0.25, -0.2) is 0 Å². The maximum absolute atomic E-state index is 10.1. The molecule has 0 radical (unpaired) electrons. The van der Waals surface area contributed by atoms with E-state index < -0.39 is 31.0 Å². The summed E-state index contributed by atoms with van der Waals surface area (Å²) < 4.78 is 0. The fourth-order valence-electron chi connectivity index (χ4n) is 3.22. The van der Waals surface area contributed by atoms with E-state index in [1.807, 2.05) is 24.3 Å². The summed E-state index contributed by atoms with van der Waals surface area (Å²) in [4.78, 5) is 0. The van der Waals surface area contributed by atoms with Crippen LogP contribution in [0.15, 0.2) is 42.5 Å². The minimum absolute atomic E-state index is 0.00315. The summed E-state index contributed by atoms with van der Waals surface area (Å²) in [7, 11) is 0. The standard InChI is InChI=1S/C19H23NO5/c21-10-17(23)19(25)18(24)16(22)9-20-15-7-3-6-13-12-5-2-1-4-11(12)8-14(13)15/h1-7,16-25H,8-10H2/t16-,17+,18+,19+/m0/s1. The normalized spacial score (nSPS) is 17.3.